The van der Waals surface area contributed by atoms with E-state index >= 15 is 0 Å². The second-order valence-corrected chi connectivity index (χ2v) is 11.1. The van der Waals surface area contributed by atoms with Gasteiger partial charge in [0.2, 0.25) is 0 Å². The number of piperazine rings is 1. The van der Waals surface area contributed by atoms with Crippen LogP contribution in [0.4, 0.5) is 10.5 Å². The molecule has 3 aliphatic rings. The number of hydrogen-bond donors (Lipinski definition) is 0. The molecule has 4 rings (SSSR count). The first-order valence-corrected chi connectivity index (χ1v) is 11.6. The van der Waals surface area contributed by atoms with Crippen molar-refractivity contribution in [1.29, 1.82) is 0 Å². The minimum atomic E-state index is -0.462. The van der Waals surface area contributed by atoms with Crippen molar-refractivity contribution in [3.8, 4) is 0 Å². The van der Waals surface area contributed by atoms with Crippen LogP contribution < -0.4 is 10.4 Å². The molecule has 31 heavy (non-hydrogen) atoms. The molecule has 6 nitrogen and oxygen atoms in total. The van der Waals surface area contributed by atoms with Crippen LogP contribution in [0.1, 0.15) is 72.8 Å². The molecule has 0 atom stereocenters. The Labute approximate surface area is 187 Å². The Bertz CT molecular complexity index is 820. The zero-order valence-corrected chi connectivity index (χ0v) is 20.2. The summed E-state index contributed by atoms with van der Waals surface area (Å²) in [6.07, 6.45) is 2.25. The Morgan fingerprint density at radius 1 is 1.03 bits per heavy atom. The zero-order valence-electron chi connectivity index (χ0n) is 20.2. The van der Waals surface area contributed by atoms with Crippen molar-refractivity contribution in [3.63, 3.8) is 0 Å². The molecule has 2 heterocycles. The highest BCUT2D eigenvalue weighted by molar-refractivity contribution is 6.62. The van der Waals surface area contributed by atoms with E-state index in [-0.39, 0.29) is 24.4 Å². The van der Waals surface area contributed by atoms with Crippen molar-refractivity contribution in [2.45, 2.75) is 84.0 Å². The molecular formula is C24H37BN2O4. The fraction of sp³-hybridized carbons (Fsp3) is 0.708. The number of anilines is 1. The standard InChI is InChI=1S/C24H37BN2O4/c1-22(2,3)29-21(28)27-14-12-26(13-15-27)20-11-10-18(16-19(20)17-8-9-17)25-30-23(4,5)24(6,7)31-25/h10-11,16-17H,8-9,12-15H2,1-7H3. The Balaban J connectivity index is 1.47. The van der Waals surface area contributed by atoms with Gasteiger partial charge < -0.3 is 23.8 Å². The largest absolute Gasteiger partial charge is 0.494 e. The number of hydrogen-bond acceptors (Lipinski definition) is 5. The lowest BCUT2D eigenvalue weighted by molar-refractivity contribution is 0.00578. The molecular weight excluding hydrogens is 391 g/mol. The lowest BCUT2D eigenvalue weighted by Gasteiger charge is -2.37. The number of carbonyl (C=O) groups is 1. The highest BCUT2D eigenvalue weighted by atomic mass is 16.7. The number of benzene rings is 1. The first kappa shape index (κ1) is 22.5. The first-order chi connectivity index (χ1) is 14.4. The summed E-state index contributed by atoms with van der Waals surface area (Å²) < 4.78 is 18.1. The van der Waals surface area contributed by atoms with Crippen molar-refractivity contribution in [2.24, 2.45) is 0 Å². The Hall–Kier alpha value is -1.73. The fourth-order valence-corrected chi connectivity index (χ4v) is 4.16. The van der Waals surface area contributed by atoms with E-state index in [9.17, 15) is 4.79 Å². The average molecular weight is 428 g/mol. The van der Waals surface area contributed by atoms with E-state index in [1.165, 1.54) is 24.1 Å². The smallest absolute Gasteiger partial charge is 0.444 e. The predicted octanol–water partition coefficient (Wildman–Crippen LogP) is 3.92. The molecule has 1 saturated carbocycles. The topological polar surface area (TPSA) is 51.2 Å². The summed E-state index contributed by atoms with van der Waals surface area (Å²) in [5.74, 6) is 0.612. The maximum absolute atomic E-state index is 12.4. The van der Waals surface area contributed by atoms with E-state index in [0.717, 1.165) is 18.6 Å². The molecule has 0 spiro atoms. The molecule has 7 heteroatoms. The van der Waals surface area contributed by atoms with Crippen LogP contribution in [0.25, 0.3) is 0 Å². The second-order valence-electron chi connectivity index (χ2n) is 11.1. The molecule has 3 fully saturated rings. The number of amides is 1. The van der Waals surface area contributed by atoms with Crippen molar-refractivity contribution in [2.75, 3.05) is 31.1 Å². The van der Waals surface area contributed by atoms with E-state index in [1.54, 1.807) is 0 Å². The summed E-state index contributed by atoms with van der Waals surface area (Å²) in [6, 6.07) is 6.65. The van der Waals surface area contributed by atoms with Gasteiger partial charge in [-0.15, -0.1) is 0 Å². The van der Waals surface area contributed by atoms with Gasteiger partial charge in [0.25, 0.3) is 0 Å². The molecule has 2 saturated heterocycles. The molecule has 1 aromatic carbocycles. The maximum atomic E-state index is 12.4. The van der Waals surface area contributed by atoms with Gasteiger partial charge in [0.1, 0.15) is 5.60 Å². The van der Waals surface area contributed by atoms with Gasteiger partial charge in [-0.1, -0.05) is 12.1 Å². The molecule has 0 radical (unpaired) electrons. The van der Waals surface area contributed by atoms with Crippen LogP contribution in [-0.2, 0) is 14.0 Å². The van der Waals surface area contributed by atoms with E-state index in [1.807, 2.05) is 25.7 Å². The second kappa shape index (κ2) is 7.70. The lowest BCUT2D eigenvalue weighted by atomic mass is 9.77. The third-order valence-corrected chi connectivity index (χ3v) is 6.87. The van der Waals surface area contributed by atoms with Gasteiger partial charge in [-0.25, -0.2) is 4.79 Å². The van der Waals surface area contributed by atoms with Gasteiger partial charge in [-0.05, 0) is 84.3 Å². The van der Waals surface area contributed by atoms with Crippen molar-refractivity contribution < 1.29 is 18.8 Å². The number of rotatable bonds is 3. The van der Waals surface area contributed by atoms with Crippen LogP contribution >= 0.6 is 0 Å². The average Bonchev–Trinajstić information content (AvgIpc) is 3.47. The van der Waals surface area contributed by atoms with Crippen LogP contribution in [-0.4, -0.2) is 61.1 Å². The molecule has 2 aliphatic heterocycles. The monoisotopic (exact) mass is 428 g/mol. The molecule has 170 valence electrons. The molecule has 1 aromatic rings. The fourth-order valence-electron chi connectivity index (χ4n) is 4.16. The predicted molar refractivity (Wildman–Crippen MR) is 124 cm³/mol. The summed E-state index contributed by atoms with van der Waals surface area (Å²) in [7, 11) is -0.333. The highest BCUT2D eigenvalue weighted by Crippen LogP contribution is 2.45. The highest BCUT2D eigenvalue weighted by Gasteiger charge is 2.52. The molecule has 0 unspecified atom stereocenters. The summed E-state index contributed by atoms with van der Waals surface area (Å²) >= 11 is 0. The third-order valence-electron chi connectivity index (χ3n) is 6.87. The van der Waals surface area contributed by atoms with Crippen LogP contribution in [0.5, 0.6) is 0 Å². The van der Waals surface area contributed by atoms with Crippen LogP contribution in [0.15, 0.2) is 18.2 Å². The molecule has 0 N–H and O–H groups in total. The molecule has 0 aromatic heterocycles. The Morgan fingerprint density at radius 3 is 2.13 bits per heavy atom. The summed E-state index contributed by atoms with van der Waals surface area (Å²) in [4.78, 5) is 16.6. The lowest BCUT2D eigenvalue weighted by Crippen LogP contribution is -2.50. The number of ether oxygens (including phenoxy) is 1. The SMILES string of the molecule is CC(C)(C)OC(=O)N1CCN(c2ccc(B3OC(C)(C)C(C)(C)O3)cc2C2CC2)CC1. The minimum absolute atomic E-state index is 0.217. The van der Waals surface area contributed by atoms with Crippen LogP contribution in [0.3, 0.4) is 0 Å². The van der Waals surface area contributed by atoms with Gasteiger partial charge in [-0.2, -0.15) is 0 Å². The van der Waals surface area contributed by atoms with Crippen LogP contribution in [0.2, 0.25) is 0 Å². The normalized spacial score (nSPS) is 23.3. The summed E-state index contributed by atoms with van der Waals surface area (Å²) in [5.41, 5.74) is 2.62. The molecule has 1 amide bonds. The number of nitrogens with zero attached hydrogens (tertiary/aromatic N) is 2. The van der Waals surface area contributed by atoms with Gasteiger partial charge in [0.15, 0.2) is 0 Å². The van der Waals surface area contributed by atoms with E-state index in [4.69, 9.17) is 14.0 Å². The van der Waals surface area contributed by atoms with Crippen molar-refractivity contribution in [3.05, 3.63) is 23.8 Å². The molecule has 0 bridgehead atoms. The van der Waals surface area contributed by atoms with Crippen LogP contribution in [0, 0.1) is 0 Å². The Morgan fingerprint density at radius 2 is 1.61 bits per heavy atom. The zero-order chi connectivity index (χ0) is 22.6. The van der Waals surface area contributed by atoms with Crippen molar-refractivity contribution >= 4 is 24.4 Å². The maximum Gasteiger partial charge on any atom is 0.494 e. The Kier molecular flexibility index (Phi) is 5.58. The summed E-state index contributed by atoms with van der Waals surface area (Å²) in [5, 5.41) is 0. The van der Waals surface area contributed by atoms with Crippen molar-refractivity contribution in [1.82, 2.24) is 4.90 Å². The summed E-state index contributed by atoms with van der Waals surface area (Å²) in [6.45, 7) is 17.1. The number of carbonyl (C=O) groups excluding carboxylic acids is 1. The van der Waals surface area contributed by atoms with E-state index in [2.05, 4.69) is 50.8 Å². The van der Waals surface area contributed by atoms with E-state index in [0.29, 0.717) is 19.0 Å². The van der Waals surface area contributed by atoms with Gasteiger partial charge in [0.05, 0.1) is 11.2 Å². The third kappa shape index (κ3) is 4.72. The first-order valence-electron chi connectivity index (χ1n) is 11.6. The quantitative estimate of drug-likeness (QED) is 0.684. The van der Waals surface area contributed by atoms with Gasteiger partial charge in [0, 0.05) is 31.9 Å². The molecule has 1 aliphatic carbocycles. The van der Waals surface area contributed by atoms with E-state index < -0.39 is 5.60 Å². The van der Waals surface area contributed by atoms with Gasteiger partial charge >= 0.3 is 13.2 Å². The minimum Gasteiger partial charge on any atom is -0.444 e. The van der Waals surface area contributed by atoms with Gasteiger partial charge in [-0.3, -0.25) is 0 Å².